The molecular formula is C13H16BrNO3. The predicted octanol–water partition coefficient (Wildman–Crippen LogP) is 2.01. The Hall–Kier alpha value is -1.36. The minimum atomic E-state index is -0.796. The third kappa shape index (κ3) is 4.49. The molecule has 1 aromatic carbocycles. The van der Waals surface area contributed by atoms with Crippen LogP contribution in [0.15, 0.2) is 28.7 Å². The number of rotatable bonds is 4. The van der Waals surface area contributed by atoms with Gasteiger partial charge in [-0.15, -0.1) is 0 Å². The van der Waals surface area contributed by atoms with Gasteiger partial charge in [0, 0.05) is 18.1 Å². The highest BCUT2D eigenvalue weighted by Gasteiger charge is 2.19. The number of hydrogen-bond donors (Lipinski definition) is 0. The summed E-state index contributed by atoms with van der Waals surface area (Å²) >= 11 is 3.36. The number of hydrogen-bond acceptors (Lipinski definition) is 3. The average molecular weight is 314 g/mol. The van der Waals surface area contributed by atoms with Gasteiger partial charge in [0.1, 0.15) is 0 Å². The zero-order valence-electron chi connectivity index (χ0n) is 10.5. The molecule has 0 saturated heterocycles. The van der Waals surface area contributed by atoms with Crippen molar-refractivity contribution in [1.82, 2.24) is 4.90 Å². The highest BCUT2D eigenvalue weighted by Crippen LogP contribution is 2.11. The van der Waals surface area contributed by atoms with E-state index < -0.39 is 11.9 Å². The molecular weight excluding hydrogens is 298 g/mol. The third-order valence-corrected chi connectivity index (χ3v) is 2.97. The maximum atomic E-state index is 11.6. The summed E-state index contributed by atoms with van der Waals surface area (Å²) in [4.78, 5) is 24.1. The Labute approximate surface area is 115 Å². The molecule has 5 heteroatoms. The number of ether oxygens (including phenoxy) is 1. The number of likely N-dealkylation sites (N-methyl/N-ethyl adjacent to an activating group) is 1. The molecule has 0 spiro atoms. The average Bonchev–Trinajstić information content (AvgIpc) is 2.37. The van der Waals surface area contributed by atoms with Crippen LogP contribution < -0.4 is 0 Å². The van der Waals surface area contributed by atoms with E-state index in [2.05, 4.69) is 20.7 Å². The van der Waals surface area contributed by atoms with E-state index in [1.165, 1.54) is 4.90 Å². The van der Waals surface area contributed by atoms with E-state index in [9.17, 15) is 9.59 Å². The van der Waals surface area contributed by atoms with E-state index in [-0.39, 0.29) is 6.61 Å². The fraction of sp³-hybridized carbons (Fsp3) is 0.385. The Morgan fingerprint density at radius 1 is 1.28 bits per heavy atom. The van der Waals surface area contributed by atoms with Gasteiger partial charge in [0.15, 0.2) is 0 Å². The Kier molecular flexibility index (Phi) is 5.85. The maximum Gasteiger partial charge on any atom is 0.396 e. The van der Waals surface area contributed by atoms with Crippen molar-refractivity contribution < 1.29 is 14.3 Å². The van der Waals surface area contributed by atoms with Crippen molar-refractivity contribution in [2.24, 2.45) is 0 Å². The summed E-state index contributed by atoms with van der Waals surface area (Å²) in [6.07, 6.45) is 0.703. The molecule has 0 atom stereocenters. The highest BCUT2D eigenvalue weighted by molar-refractivity contribution is 9.10. The molecule has 0 bridgehead atoms. The van der Waals surface area contributed by atoms with E-state index >= 15 is 0 Å². The van der Waals surface area contributed by atoms with Crippen LogP contribution in [0.2, 0.25) is 0 Å². The van der Waals surface area contributed by atoms with Crippen molar-refractivity contribution in [2.45, 2.75) is 13.3 Å². The van der Waals surface area contributed by atoms with Gasteiger partial charge in [0.05, 0.1) is 6.61 Å². The Bertz CT molecular complexity index is 417. The summed E-state index contributed by atoms with van der Waals surface area (Å²) in [6.45, 7) is 2.37. The molecule has 1 aromatic rings. The normalized spacial score (nSPS) is 9.94. The van der Waals surface area contributed by atoms with Crippen LogP contribution in [0.25, 0.3) is 0 Å². The number of esters is 1. The van der Waals surface area contributed by atoms with Crippen LogP contribution in [0.3, 0.4) is 0 Å². The van der Waals surface area contributed by atoms with E-state index in [4.69, 9.17) is 0 Å². The van der Waals surface area contributed by atoms with Crippen LogP contribution in [0.5, 0.6) is 0 Å². The summed E-state index contributed by atoms with van der Waals surface area (Å²) < 4.78 is 5.67. The molecule has 0 heterocycles. The summed E-state index contributed by atoms with van der Waals surface area (Å²) in [5.41, 5.74) is 1.11. The first-order chi connectivity index (χ1) is 8.54. The molecule has 0 aliphatic rings. The number of amides is 1. The molecule has 0 aromatic heterocycles. The number of benzene rings is 1. The second-order valence-corrected chi connectivity index (χ2v) is 4.74. The number of carbonyl (C=O) groups excluding carboxylic acids is 2. The second-order valence-electron chi connectivity index (χ2n) is 3.82. The standard InChI is InChI=1S/C13H16BrNO3/c1-3-18-13(17)12(16)15(2)9-8-10-4-6-11(14)7-5-10/h4-7H,3,8-9H2,1-2H3. The molecule has 0 aliphatic heterocycles. The van der Waals surface area contributed by atoms with E-state index in [1.807, 2.05) is 24.3 Å². The monoisotopic (exact) mass is 313 g/mol. The van der Waals surface area contributed by atoms with Gasteiger partial charge in [0.2, 0.25) is 0 Å². The largest absolute Gasteiger partial charge is 0.459 e. The van der Waals surface area contributed by atoms with Gasteiger partial charge >= 0.3 is 11.9 Å². The molecule has 1 rings (SSSR count). The predicted molar refractivity (Wildman–Crippen MR) is 72.1 cm³/mol. The second kappa shape index (κ2) is 7.16. The first-order valence-electron chi connectivity index (χ1n) is 5.71. The van der Waals surface area contributed by atoms with Gasteiger partial charge < -0.3 is 9.64 Å². The maximum absolute atomic E-state index is 11.6. The van der Waals surface area contributed by atoms with E-state index in [0.717, 1.165) is 10.0 Å². The van der Waals surface area contributed by atoms with Gasteiger partial charge in [-0.1, -0.05) is 28.1 Å². The Morgan fingerprint density at radius 3 is 2.44 bits per heavy atom. The van der Waals surface area contributed by atoms with Crippen molar-refractivity contribution >= 4 is 27.8 Å². The Morgan fingerprint density at radius 2 is 1.89 bits per heavy atom. The van der Waals surface area contributed by atoms with Crippen LogP contribution in [0, 0.1) is 0 Å². The first kappa shape index (κ1) is 14.7. The third-order valence-electron chi connectivity index (χ3n) is 2.45. The van der Waals surface area contributed by atoms with Crippen LogP contribution in [-0.4, -0.2) is 37.0 Å². The molecule has 4 nitrogen and oxygen atoms in total. The van der Waals surface area contributed by atoms with Gasteiger partial charge in [-0.25, -0.2) is 4.79 Å². The topological polar surface area (TPSA) is 46.6 Å². The molecule has 18 heavy (non-hydrogen) atoms. The van der Waals surface area contributed by atoms with Crippen molar-refractivity contribution in [1.29, 1.82) is 0 Å². The van der Waals surface area contributed by atoms with E-state index in [0.29, 0.717) is 13.0 Å². The van der Waals surface area contributed by atoms with Crippen molar-refractivity contribution in [2.75, 3.05) is 20.2 Å². The van der Waals surface area contributed by atoms with Crippen molar-refractivity contribution in [3.05, 3.63) is 34.3 Å². The lowest BCUT2D eigenvalue weighted by Gasteiger charge is -2.15. The quantitative estimate of drug-likeness (QED) is 0.631. The summed E-state index contributed by atoms with van der Waals surface area (Å²) in [6, 6.07) is 7.85. The number of carbonyl (C=O) groups is 2. The smallest absolute Gasteiger partial charge is 0.396 e. The van der Waals surface area contributed by atoms with Crippen molar-refractivity contribution in [3.63, 3.8) is 0 Å². The van der Waals surface area contributed by atoms with Crippen LogP contribution in [0.1, 0.15) is 12.5 Å². The molecule has 0 saturated carbocycles. The molecule has 0 fully saturated rings. The zero-order valence-corrected chi connectivity index (χ0v) is 12.1. The Balaban J connectivity index is 2.45. The minimum Gasteiger partial charge on any atom is -0.459 e. The van der Waals surface area contributed by atoms with Gasteiger partial charge in [-0.2, -0.15) is 0 Å². The zero-order chi connectivity index (χ0) is 13.5. The van der Waals surface area contributed by atoms with Gasteiger partial charge in [-0.3, -0.25) is 4.79 Å². The van der Waals surface area contributed by atoms with E-state index in [1.54, 1.807) is 14.0 Å². The lowest BCUT2D eigenvalue weighted by Crippen LogP contribution is -2.35. The van der Waals surface area contributed by atoms with Crippen LogP contribution in [-0.2, 0) is 20.7 Å². The fourth-order valence-electron chi connectivity index (χ4n) is 1.40. The molecule has 0 aliphatic carbocycles. The number of halogens is 1. The molecule has 1 amide bonds. The summed E-state index contributed by atoms with van der Waals surface area (Å²) in [5.74, 6) is -1.40. The molecule has 0 unspecified atom stereocenters. The lowest BCUT2D eigenvalue weighted by atomic mass is 10.1. The SMILES string of the molecule is CCOC(=O)C(=O)N(C)CCc1ccc(Br)cc1. The lowest BCUT2D eigenvalue weighted by molar-refractivity contribution is -0.159. The summed E-state index contributed by atoms with van der Waals surface area (Å²) in [7, 11) is 1.60. The number of nitrogens with zero attached hydrogens (tertiary/aromatic N) is 1. The van der Waals surface area contributed by atoms with Gasteiger partial charge in [-0.05, 0) is 31.0 Å². The first-order valence-corrected chi connectivity index (χ1v) is 6.50. The molecule has 0 radical (unpaired) electrons. The highest BCUT2D eigenvalue weighted by atomic mass is 79.9. The van der Waals surface area contributed by atoms with Crippen LogP contribution >= 0.6 is 15.9 Å². The molecule has 0 N–H and O–H groups in total. The summed E-state index contributed by atoms with van der Waals surface area (Å²) in [5, 5.41) is 0. The fourth-order valence-corrected chi connectivity index (χ4v) is 1.66. The van der Waals surface area contributed by atoms with Crippen LogP contribution in [0.4, 0.5) is 0 Å². The van der Waals surface area contributed by atoms with Gasteiger partial charge in [0.25, 0.3) is 0 Å². The van der Waals surface area contributed by atoms with Crippen molar-refractivity contribution in [3.8, 4) is 0 Å². The minimum absolute atomic E-state index is 0.213. The molecule has 98 valence electrons.